The maximum absolute atomic E-state index is 9.63. The Bertz CT molecular complexity index is 481. The van der Waals surface area contributed by atoms with Gasteiger partial charge in [-0.25, -0.2) is 4.68 Å². The van der Waals surface area contributed by atoms with Gasteiger partial charge in [0.1, 0.15) is 0 Å². The number of nitrogens with zero attached hydrogens (tertiary/aromatic N) is 2. The Morgan fingerprint density at radius 1 is 1.32 bits per heavy atom. The van der Waals surface area contributed by atoms with Crippen LogP contribution < -0.4 is 5.32 Å². The molecule has 4 nitrogen and oxygen atoms in total. The van der Waals surface area contributed by atoms with E-state index in [-0.39, 0.29) is 6.10 Å². The van der Waals surface area contributed by atoms with Crippen molar-refractivity contribution in [3.05, 3.63) is 48.3 Å². The summed E-state index contributed by atoms with van der Waals surface area (Å²) in [6.07, 6.45) is 5.46. The maximum atomic E-state index is 9.63. The normalized spacial score (nSPS) is 12.5. The summed E-state index contributed by atoms with van der Waals surface area (Å²) in [6, 6.07) is 10.0. The summed E-state index contributed by atoms with van der Waals surface area (Å²) in [5.74, 6) is 0. The van der Waals surface area contributed by atoms with Gasteiger partial charge in [-0.1, -0.05) is 31.5 Å². The first-order chi connectivity index (χ1) is 9.29. The van der Waals surface area contributed by atoms with Gasteiger partial charge in [0.2, 0.25) is 0 Å². The number of nitrogens with one attached hydrogen (secondary N) is 1. The van der Waals surface area contributed by atoms with Crippen LogP contribution in [0.5, 0.6) is 0 Å². The smallest absolute Gasteiger partial charge is 0.0664 e. The van der Waals surface area contributed by atoms with Gasteiger partial charge in [0.15, 0.2) is 0 Å². The quantitative estimate of drug-likeness (QED) is 0.801. The number of para-hydroxylation sites is 1. The highest BCUT2D eigenvalue weighted by atomic mass is 16.3. The summed E-state index contributed by atoms with van der Waals surface area (Å²) in [5.41, 5.74) is 2.17. The second-order valence-corrected chi connectivity index (χ2v) is 4.70. The fourth-order valence-corrected chi connectivity index (χ4v) is 1.99. The SMILES string of the molecule is CCCC(O)CNCc1cnn(-c2ccccc2)c1. The van der Waals surface area contributed by atoms with E-state index in [9.17, 15) is 5.11 Å². The predicted octanol–water partition coefficient (Wildman–Crippen LogP) is 2.12. The van der Waals surface area contributed by atoms with Crippen molar-refractivity contribution in [1.82, 2.24) is 15.1 Å². The fraction of sp³-hybridized carbons (Fsp3) is 0.400. The molecule has 4 heteroatoms. The van der Waals surface area contributed by atoms with E-state index >= 15 is 0 Å². The van der Waals surface area contributed by atoms with E-state index in [1.165, 1.54) is 0 Å². The van der Waals surface area contributed by atoms with Crippen molar-refractivity contribution in [2.75, 3.05) is 6.54 Å². The van der Waals surface area contributed by atoms with Gasteiger partial charge in [-0.05, 0) is 18.6 Å². The molecular formula is C15H21N3O. The zero-order chi connectivity index (χ0) is 13.5. The molecule has 0 radical (unpaired) electrons. The molecule has 1 unspecified atom stereocenters. The summed E-state index contributed by atoms with van der Waals surface area (Å²) < 4.78 is 1.86. The Morgan fingerprint density at radius 3 is 2.84 bits per heavy atom. The molecule has 0 aliphatic rings. The third-order valence-electron chi connectivity index (χ3n) is 2.99. The number of aliphatic hydroxyl groups is 1. The Hall–Kier alpha value is -1.65. The summed E-state index contributed by atoms with van der Waals surface area (Å²) in [4.78, 5) is 0. The van der Waals surface area contributed by atoms with Crippen LogP contribution in [0.2, 0.25) is 0 Å². The van der Waals surface area contributed by atoms with Crippen LogP contribution in [0.4, 0.5) is 0 Å². The van der Waals surface area contributed by atoms with Crippen LogP contribution in [0.3, 0.4) is 0 Å². The van der Waals surface area contributed by atoms with E-state index in [4.69, 9.17) is 0 Å². The molecule has 19 heavy (non-hydrogen) atoms. The molecule has 0 amide bonds. The Morgan fingerprint density at radius 2 is 2.11 bits per heavy atom. The van der Waals surface area contributed by atoms with Gasteiger partial charge in [-0.3, -0.25) is 0 Å². The van der Waals surface area contributed by atoms with Gasteiger partial charge in [-0.15, -0.1) is 0 Å². The molecule has 0 bridgehead atoms. The van der Waals surface area contributed by atoms with Crippen molar-refractivity contribution in [1.29, 1.82) is 0 Å². The molecule has 0 saturated carbocycles. The first kappa shape index (κ1) is 13.8. The second-order valence-electron chi connectivity index (χ2n) is 4.70. The Labute approximate surface area is 114 Å². The van der Waals surface area contributed by atoms with Gasteiger partial charge >= 0.3 is 0 Å². The van der Waals surface area contributed by atoms with Gasteiger partial charge < -0.3 is 10.4 Å². The van der Waals surface area contributed by atoms with Crippen LogP contribution in [0.25, 0.3) is 5.69 Å². The largest absolute Gasteiger partial charge is 0.392 e. The molecule has 1 aromatic heterocycles. The molecule has 0 aliphatic heterocycles. The third-order valence-corrected chi connectivity index (χ3v) is 2.99. The molecule has 1 heterocycles. The molecule has 1 aromatic carbocycles. The summed E-state index contributed by atoms with van der Waals surface area (Å²) in [5, 5.41) is 17.2. The third kappa shape index (κ3) is 4.19. The van der Waals surface area contributed by atoms with E-state index in [1.54, 1.807) is 0 Å². The number of hydrogen-bond acceptors (Lipinski definition) is 3. The van der Waals surface area contributed by atoms with Crippen LogP contribution >= 0.6 is 0 Å². The van der Waals surface area contributed by atoms with E-state index < -0.39 is 0 Å². The van der Waals surface area contributed by atoms with Crippen LogP contribution in [-0.4, -0.2) is 27.5 Å². The summed E-state index contributed by atoms with van der Waals surface area (Å²) in [7, 11) is 0. The van der Waals surface area contributed by atoms with Crippen LogP contribution in [-0.2, 0) is 6.54 Å². The topological polar surface area (TPSA) is 50.1 Å². The molecule has 102 valence electrons. The lowest BCUT2D eigenvalue weighted by atomic mass is 10.2. The molecule has 2 N–H and O–H groups in total. The van der Waals surface area contributed by atoms with Crippen LogP contribution in [0.15, 0.2) is 42.7 Å². The Kier molecular flexibility index (Phi) is 5.12. The molecule has 0 aliphatic carbocycles. The molecule has 0 saturated heterocycles. The number of aliphatic hydroxyl groups excluding tert-OH is 1. The minimum Gasteiger partial charge on any atom is -0.392 e. The molecule has 2 rings (SSSR count). The standard InChI is InChI=1S/C15H21N3O/c1-2-6-15(19)11-16-9-13-10-17-18(12-13)14-7-4-3-5-8-14/h3-5,7-8,10,12,15-16,19H,2,6,9,11H2,1H3. The molecule has 0 spiro atoms. The van der Waals surface area contributed by atoms with E-state index in [0.29, 0.717) is 6.54 Å². The van der Waals surface area contributed by atoms with Crippen molar-refractivity contribution in [3.8, 4) is 5.69 Å². The number of hydrogen-bond donors (Lipinski definition) is 2. The summed E-state index contributed by atoms with van der Waals surface area (Å²) in [6.45, 7) is 3.44. The van der Waals surface area contributed by atoms with Gasteiger partial charge in [-0.2, -0.15) is 5.10 Å². The highest BCUT2D eigenvalue weighted by Crippen LogP contribution is 2.07. The van der Waals surface area contributed by atoms with Gasteiger partial charge in [0.05, 0.1) is 18.0 Å². The van der Waals surface area contributed by atoms with Crippen molar-refractivity contribution >= 4 is 0 Å². The predicted molar refractivity (Wildman–Crippen MR) is 76.2 cm³/mol. The zero-order valence-corrected chi connectivity index (χ0v) is 11.3. The molecular weight excluding hydrogens is 238 g/mol. The summed E-state index contributed by atoms with van der Waals surface area (Å²) >= 11 is 0. The van der Waals surface area contributed by atoms with Gasteiger partial charge in [0, 0.05) is 24.8 Å². The average Bonchev–Trinajstić information content (AvgIpc) is 2.89. The Balaban J connectivity index is 1.85. The van der Waals surface area contributed by atoms with E-state index in [1.807, 2.05) is 47.4 Å². The monoisotopic (exact) mass is 259 g/mol. The lowest BCUT2D eigenvalue weighted by Crippen LogP contribution is -2.26. The minimum absolute atomic E-state index is 0.255. The zero-order valence-electron chi connectivity index (χ0n) is 11.3. The lowest BCUT2D eigenvalue weighted by molar-refractivity contribution is 0.160. The molecule has 2 aromatic rings. The highest BCUT2D eigenvalue weighted by Gasteiger charge is 2.03. The molecule has 0 fully saturated rings. The number of rotatable bonds is 7. The number of benzene rings is 1. The second kappa shape index (κ2) is 7.07. The van der Waals surface area contributed by atoms with Crippen molar-refractivity contribution < 1.29 is 5.11 Å². The molecule has 1 atom stereocenters. The first-order valence-corrected chi connectivity index (χ1v) is 6.77. The minimum atomic E-state index is -0.255. The fourth-order valence-electron chi connectivity index (χ4n) is 1.99. The van der Waals surface area contributed by atoms with Crippen molar-refractivity contribution in [3.63, 3.8) is 0 Å². The van der Waals surface area contributed by atoms with Crippen LogP contribution in [0.1, 0.15) is 25.3 Å². The highest BCUT2D eigenvalue weighted by molar-refractivity contribution is 5.30. The van der Waals surface area contributed by atoms with Gasteiger partial charge in [0.25, 0.3) is 0 Å². The van der Waals surface area contributed by atoms with Crippen molar-refractivity contribution in [2.24, 2.45) is 0 Å². The van der Waals surface area contributed by atoms with E-state index in [2.05, 4.69) is 17.3 Å². The van der Waals surface area contributed by atoms with Crippen molar-refractivity contribution in [2.45, 2.75) is 32.4 Å². The number of aromatic nitrogens is 2. The average molecular weight is 259 g/mol. The van der Waals surface area contributed by atoms with E-state index in [0.717, 1.165) is 30.6 Å². The maximum Gasteiger partial charge on any atom is 0.0664 e. The van der Waals surface area contributed by atoms with Crippen LogP contribution in [0, 0.1) is 0 Å². The lowest BCUT2D eigenvalue weighted by Gasteiger charge is -2.09. The first-order valence-electron chi connectivity index (χ1n) is 6.77.